The molecule has 4 nitrogen and oxygen atoms in total. The molecule has 152 valence electrons. The van der Waals surface area contributed by atoms with E-state index in [1.54, 1.807) is 0 Å². The first-order valence-electron chi connectivity index (χ1n) is 10.6. The monoisotopic (exact) mass is 368 g/mol. The third-order valence-electron chi connectivity index (χ3n) is 6.21. The predicted octanol–water partition coefficient (Wildman–Crippen LogP) is 5.24. The Morgan fingerprint density at radius 2 is 1.04 bits per heavy atom. The van der Waals surface area contributed by atoms with E-state index in [-0.39, 0.29) is 23.8 Å². The topological polar surface area (TPSA) is 52.6 Å². The van der Waals surface area contributed by atoms with Gasteiger partial charge in [-0.1, -0.05) is 41.5 Å². The lowest BCUT2D eigenvalue weighted by Gasteiger charge is -2.28. The molecule has 4 heteroatoms. The fourth-order valence-corrected chi connectivity index (χ4v) is 3.74. The molecule has 0 spiro atoms. The van der Waals surface area contributed by atoms with Gasteiger partial charge in [-0.15, -0.1) is 0 Å². The maximum Gasteiger partial charge on any atom is 0.308 e. The molecule has 0 aromatic heterocycles. The molecule has 1 fully saturated rings. The fraction of sp³-hybridized carbons (Fsp3) is 0.909. The Morgan fingerprint density at radius 3 is 1.27 bits per heavy atom. The van der Waals surface area contributed by atoms with Gasteiger partial charge in [0, 0.05) is 0 Å². The van der Waals surface area contributed by atoms with Crippen molar-refractivity contribution in [2.45, 2.75) is 80.1 Å². The third kappa shape index (κ3) is 7.28. The van der Waals surface area contributed by atoms with Crippen molar-refractivity contribution in [3.8, 4) is 0 Å². The summed E-state index contributed by atoms with van der Waals surface area (Å²) in [6, 6.07) is 0. The molecule has 0 aromatic rings. The number of carbonyl (C=O) groups is 2. The molecule has 0 aliphatic heterocycles. The highest BCUT2D eigenvalue weighted by molar-refractivity contribution is 5.75. The second kappa shape index (κ2) is 11.6. The van der Waals surface area contributed by atoms with Gasteiger partial charge in [0.15, 0.2) is 0 Å². The summed E-state index contributed by atoms with van der Waals surface area (Å²) in [7, 11) is 0. The van der Waals surface area contributed by atoms with Gasteiger partial charge < -0.3 is 9.47 Å². The maximum absolute atomic E-state index is 12.3. The largest absolute Gasteiger partial charge is 0.465 e. The van der Waals surface area contributed by atoms with Crippen molar-refractivity contribution in [2.75, 3.05) is 13.2 Å². The first-order valence-corrected chi connectivity index (χ1v) is 10.6. The van der Waals surface area contributed by atoms with Gasteiger partial charge in [0.2, 0.25) is 0 Å². The van der Waals surface area contributed by atoms with E-state index in [1.807, 2.05) is 0 Å². The van der Waals surface area contributed by atoms with E-state index in [0.717, 1.165) is 38.5 Å². The average molecular weight is 369 g/mol. The number of hydrogen-bond donors (Lipinski definition) is 0. The van der Waals surface area contributed by atoms with Crippen LogP contribution in [0.4, 0.5) is 0 Å². The molecule has 2 unspecified atom stereocenters. The Bertz CT molecular complexity index is 382. The lowest BCUT2D eigenvalue weighted by molar-refractivity contribution is -0.157. The molecule has 0 radical (unpaired) electrons. The van der Waals surface area contributed by atoms with Crippen LogP contribution in [0.3, 0.4) is 0 Å². The molecule has 26 heavy (non-hydrogen) atoms. The number of rotatable bonds is 10. The molecule has 0 amide bonds. The summed E-state index contributed by atoms with van der Waals surface area (Å²) in [5.74, 6) is 1.64. The van der Waals surface area contributed by atoms with E-state index in [1.165, 1.54) is 0 Å². The van der Waals surface area contributed by atoms with Gasteiger partial charge in [-0.25, -0.2) is 0 Å². The first kappa shape index (κ1) is 23.0. The highest BCUT2D eigenvalue weighted by atomic mass is 16.5. The van der Waals surface area contributed by atoms with Crippen LogP contribution < -0.4 is 0 Å². The van der Waals surface area contributed by atoms with Crippen LogP contribution in [0.1, 0.15) is 80.1 Å². The molecule has 1 rings (SSSR count). The molecule has 0 bridgehead atoms. The summed E-state index contributed by atoms with van der Waals surface area (Å²) >= 11 is 0. The summed E-state index contributed by atoms with van der Waals surface area (Å²) in [6.45, 7) is 14.0. The van der Waals surface area contributed by atoms with Gasteiger partial charge in [0.05, 0.1) is 25.0 Å². The summed E-state index contributed by atoms with van der Waals surface area (Å²) in [5, 5.41) is 0. The molecule has 0 heterocycles. The van der Waals surface area contributed by atoms with Crippen molar-refractivity contribution in [2.24, 2.45) is 35.5 Å². The Hall–Kier alpha value is -1.06. The van der Waals surface area contributed by atoms with Crippen LogP contribution in [0.2, 0.25) is 0 Å². The fourth-order valence-electron chi connectivity index (χ4n) is 3.74. The molecule has 1 aliphatic carbocycles. The zero-order valence-corrected chi connectivity index (χ0v) is 17.8. The zero-order chi connectivity index (χ0) is 19.7. The summed E-state index contributed by atoms with van der Waals surface area (Å²) in [6.07, 6.45) is 4.99. The zero-order valence-electron chi connectivity index (χ0n) is 17.8. The molecular formula is C22H40O4. The van der Waals surface area contributed by atoms with Gasteiger partial charge in [-0.05, 0) is 62.2 Å². The standard InChI is InChI=1S/C22H40O4/c1-7-17(15(3)4)13-25-21(23)19-9-11-20(12-10-19)22(24)26-14-18(8-2)16(5)6/h15-20H,7-14H2,1-6H3. The molecular weight excluding hydrogens is 328 g/mol. The average Bonchev–Trinajstić information content (AvgIpc) is 2.62. The summed E-state index contributed by atoms with van der Waals surface area (Å²) < 4.78 is 11.1. The van der Waals surface area contributed by atoms with Crippen molar-refractivity contribution in [3.05, 3.63) is 0 Å². The molecule has 1 aliphatic rings. The second-order valence-electron chi connectivity index (χ2n) is 8.63. The van der Waals surface area contributed by atoms with Crippen LogP contribution in [-0.2, 0) is 19.1 Å². The normalized spacial score (nSPS) is 22.9. The highest BCUT2D eigenvalue weighted by Crippen LogP contribution is 2.31. The van der Waals surface area contributed by atoms with Crippen molar-refractivity contribution >= 4 is 11.9 Å². The molecule has 0 N–H and O–H groups in total. The van der Waals surface area contributed by atoms with Crippen LogP contribution >= 0.6 is 0 Å². The Morgan fingerprint density at radius 1 is 0.731 bits per heavy atom. The molecule has 2 atom stereocenters. The minimum atomic E-state index is -0.0817. The SMILES string of the molecule is CCC(COC(=O)C1CCC(C(=O)OCC(CC)C(C)C)CC1)C(C)C. The quantitative estimate of drug-likeness (QED) is 0.495. The van der Waals surface area contributed by atoms with Crippen molar-refractivity contribution in [1.82, 2.24) is 0 Å². The maximum atomic E-state index is 12.3. The van der Waals surface area contributed by atoms with Gasteiger partial charge in [-0.3, -0.25) is 9.59 Å². The minimum absolute atomic E-state index is 0.0530. The number of ether oxygens (including phenoxy) is 2. The van der Waals surface area contributed by atoms with Crippen molar-refractivity contribution < 1.29 is 19.1 Å². The summed E-state index contributed by atoms with van der Waals surface area (Å²) in [5.41, 5.74) is 0. The van der Waals surface area contributed by atoms with E-state index in [0.29, 0.717) is 36.9 Å². The number of esters is 2. The van der Waals surface area contributed by atoms with Crippen LogP contribution in [0.15, 0.2) is 0 Å². The van der Waals surface area contributed by atoms with E-state index >= 15 is 0 Å². The Kier molecular flexibility index (Phi) is 10.3. The van der Waals surface area contributed by atoms with Crippen LogP contribution in [0.25, 0.3) is 0 Å². The third-order valence-corrected chi connectivity index (χ3v) is 6.21. The first-order chi connectivity index (χ1) is 12.3. The lowest BCUT2D eigenvalue weighted by Crippen LogP contribution is -2.30. The second-order valence-corrected chi connectivity index (χ2v) is 8.63. The summed E-state index contributed by atoms with van der Waals surface area (Å²) in [4.78, 5) is 24.6. The number of hydrogen-bond acceptors (Lipinski definition) is 4. The van der Waals surface area contributed by atoms with Crippen LogP contribution in [-0.4, -0.2) is 25.2 Å². The number of carbonyl (C=O) groups excluding carboxylic acids is 2. The van der Waals surface area contributed by atoms with Crippen molar-refractivity contribution in [1.29, 1.82) is 0 Å². The Balaban J connectivity index is 2.35. The van der Waals surface area contributed by atoms with Gasteiger partial charge in [0.1, 0.15) is 0 Å². The van der Waals surface area contributed by atoms with Gasteiger partial charge >= 0.3 is 11.9 Å². The molecule has 1 saturated carbocycles. The minimum Gasteiger partial charge on any atom is -0.465 e. The van der Waals surface area contributed by atoms with Crippen LogP contribution in [0, 0.1) is 35.5 Å². The van der Waals surface area contributed by atoms with Crippen LogP contribution in [0.5, 0.6) is 0 Å². The van der Waals surface area contributed by atoms with Gasteiger partial charge in [0.25, 0.3) is 0 Å². The molecule has 0 aromatic carbocycles. The Labute approximate surface area is 160 Å². The lowest BCUT2D eigenvalue weighted by atomic mass is 9.82. The highest BCUT2D eigenvalue weighted by Gasteiger charge is 2.32. The molecule has 0 saturated heterocycles. The van der Waals surface area contributed by atoms with E-state index in [9.17, 15) is 9.59 Å². The van der Waals surface area contributed by atoms with Crippen molar-refractivity contribution in [3.63, 3.8) is 0 Å². The van der Waals surface area contributed by atoms with E-state index < -0.39 is 0 Å². The smallest absolute Gasteiger partial charge is 0.308 e. The predicted molar refractivity (Wildman–Crippen MR) is 105 cm³/mol. The van der Waals surface area contributed by atoms with Gasteiger partial charge in [-0.2, -0.15) is 0 Å². The van der Waals surface area contributed by atoms with E-state index in [2.05, 4.69) is 41.5 Å². The van der Waals surface area contributed by atoms with E-state index in [4.69, 9.17) is 9.47 Å².